The summed E-state index contributed by atoms with van der Waals surface area (Å²) < 4.78 is 108. The van der Waals surface area contributed by atoms with Gasteiger partial charge in [0.15, 0.2) is 0 Å². The Labute approximate surface area is 127 Å². The van der Waals surface area contributed by atoms with Crippen LogP contribution in [0.2, 0.25) is 0 Å². The predicted molar refractivity (Wildman–Crippen MR) is 66.9 cm³/mol. The van der Waals surface area contributed by atoms with E-state index in [-0.39, 0.29) is 0 Å². The number of hydrogen-bond acceptors (Lipinski definition) is 6. The highest BCUT2D eigenvalue weighted by molar-refractivity contribution is 8.05. The van der Waals surface area contributed by atoms with Crippen molar-refractivity contribution in [1.82, 2.24) is 13.9 Å². The van der Waals surface area contributed by atoms with Gasteiger partial charge in [0, 0.05) is 19.4 Å². The molecule has 0 amide bonds. The van der Waals surface area contributed by atoms with Crippen LogP contribution in [0.5, 0.6) is 0 Å². The van der Waals surface area contributed by atoms with Gasteiger partial charge >= 0.3 is 31.1 Å². The first-order chi connectivity index (χ1) is 10.0. The highest BCUT2D eigenvalue weighted by atomic mass is 32.3. The average Bonchev–Trinajstić information content (AvgIpc) is 2.71. The third-order valence-corrected chi connectivity index (χ3v) is 4.94. The van der Waals surface area contributed by atoms with E-state index in [1.165, 1.54) is 0 Å². The molecule has 0 saturated carbocycles. The number of nitrogens with zero attached hydrogens (tertiary/aromatic N) is 2. The lowest BCUT2D eigenvalue weighted by Gasteiger charge is -2.11. The Hall–Kier alpha value is -1.48. The summed E-state index contributed by atoms with van der Waals surface area (Å²) in [7, 11) is -11.2. The molecule has 0 atom stereocenters. The van der Waals surface area contributed by atoms with Crippen molar-refractivity contribution in [3.63, 3.8) is 0 Å². The minimum atomic E-state index is -6.60. The van der Waals surface area contributed by atoms with Crippen LogP contribution >= 0.6 is 0 Å². The summed E-state index contributed by atoms with van der Waals surface area (Å²) >= 11 is 0. The Kier molecular flexibility index (Phi) is 6.51. The minimum Gasteiger partial charge on any atom is -0.361 e. The second-order valence-corrected chi connectivity index (χ2v) is 7.48. The quantitative estimate of drug-likeness (QED) is 0.725. The number of hydrogen-bond donors (Lipinski definition) is 1. The first kappa shape index (κ1) is 21.5. The SMILES string of the molecule is C=CN1C=CN(C)C1.O=S(=O)(NS(=O)(=O)C(F)(F)F)C(F)(F)F. The first-order valence-electron chi connectivity index (χ1n) is 5.21. The number of nitrogens with one attached hydrogen (secondary N) is 1. The summed E-state index contributed by atoms with van der Waals surface area (Å²) in [6.07, 6.45) is 5.81. The molecular formula is C8H11F6N3O4S2. The molecule has 0 radical (unpaired) electrons. The molecule has 0 aromatic carbocycles. The van der Waals surface area contributed by atoms with Crippen LogP contribution in [0, 0.1) is 0 Å². The van der Waals surface area contributed by atoms with Gasteiger partial charge in [-0.25, -0.2) is 16.8 Å². The third kappa shape index (κ3) is 6.26. The molecular weight excluding hydrogens is 380 g/mol. The molecule has 1 heterocycles. The van der Waals surface area contributed by atoms with Crippen LogP contribution in [-0.4, -0.2) is 51.4 Å². The summed E-state index contributed by atoms with van der Waals surface area (Å²) in [6, 6.07) is 0. The molecule has 0 spiro atoms. The van der Waals surface area contributed by atoms with Crippen molar-refractivity contribution in [3.05, 3.63) is 25.2 Å². The highest BCUT2D eigenvalue weighted by Gasteiger charge is 2.55. The molecule has 1 aliphatic heterocycles. The summed E-state index contributed by atoms with van der Waals surface area (Å²) in [5.41, 5.74) is -12.3. The van der Waals surface area contributed by atoms with Gasteiger partial charge in [-0.3, -0.25) is 0 Å². The van der Waals surface area contributed by atoms with E-state index >= 15 is 0 Å². The zero-order valence-electron chi connectivity index (χ0n) is 11.3. The van der Waals surface area contributed by atoms with Gasteiger partial charge in [-0.05, 0) is 6.20 Å². The zero-order chi connectivity index (χ0) is 18.7. The van der Waals surface area contributed by atoms with E-state index in [1.54, 1.807) is 6.20 Å². The largest absolute Gasteiger partial charge is 0.512 e. The van der Waals surface area contributed by atoms with Crippen LogP contribution in [-0.2, 0) is 20.0 Å². The summed E-state index contributed by atoms with van der Waals surface area (Å²) in [4.78, 5) is 4.10. The van der Waals surface area contributed by atoms with E-state index in [0.717, 1.165) is 6.67 Å². The maximum Gasteiger partial charge on any atom is 0.512 e. The van der Waals surface area contributed by atoms with Crippen molar-refractivity contribution in [1.29, 1.82) is 0 Å². The average molecular weight is 391 g/mol. The van der Waals surface area contributed by atoms with Crippen molar-refractivity contribution >= 4 is 20.0 Å². The number of sulfonamides is 2. The molecule has 1 rings (SSSR count). The molecule has 15 heteroatoms. The molecule has 0 aliphatic carbocycles. The normalized spacial score (nSPS) is 16.1. The van der Waals surface area contributed by atoms with Crippen molar-refractivity contribution in [2.24, 2.45) is 0 Å². The molecule has 23 heavy (non-hydrogen) atoms. The van der Waals surface area contributed by atoms with Crippen LogP contribution in [0.25, 0.3) is 0 Å². The second-order valence-electron chi connectivity index (χ2n) is 3.88. The third-order valence-electron chi connectivity index (χ3n) is 1.96. The van der Waals surface area contributed by atoms with Crippen LogP contribution in [0.1, 0.15) is 0 Å². The van der Waals surface area contributed by atoms with E-state index in [9.17, 15) is 43.2 Å². The summed E-state index contributed by atoms with van der Waals surface area (Å²) in [5.74, 6) is 0. The first-order valence-corrected chi connectivity index (χ1v) is 8.18. The maximum absolute atomic E-state index is 11.5. The number of alkyl halides is 6. The molecule has 0 unspecified atom stereocenters. The van der Waals surface area contributed by atoms with Gasteiger partial charge in [-0.1, -0.05) is 10.7 Å². The molecule has 136 valence electrons. The molecule has 0 saturated heterocycles. The van der Waals surface area contributed by atoms with E-state index < -0.39 is 35.2 Å². The Morgan fingerprint density at radius 1 is 1.00 bits per heavy atom. The standard InChI is InChI=1S/C6H10N2.C2HF6NO4S2/c1-3-8-5-4-7(2)6-8;3-1(4,5)14(10,11)9-15(12,13)2(6,7)8/h3-5H,1,6H2,2H3;9H. The Bertz CT molecular complexity index is 610. The van der Waals surface area contributed by atoms with Gasteiger partial charge in [0.1, 0.15) is 0 Å². The van der Waals surface area contributed by atoms with Gasteiger partial charge in [-0.2, -0.15) is 26.3 Å². The lowest BCUT2D eigenvalue weighted by molar-refractivity contribution is -0.0476. The van der Waals surface area contributed by atoms with E-state index in [0.29, 0.717) is 0 Å². The van der Waals surface area contributed by atoms with Crippen LogP contribution < -0.4 is 4.13 Å². The topological polar surface area (TPSA) is 86.8 Å². The molecule has 1 N–H and O–H groups in total. The highest BCUT2D eigenvalue weighted by Crippen LogP contribution is 2.27. The van der Waals surface area contributed by atoms with Gasteiger partial charge in [0.2, 0.25) is 0 Å². The van der Waals surface area contributed by atoms with Crippen molar-refractivity contribution < 1.29 is 43.2 Å². The minimum absolute atomic E-state index is 0.493. The number of halogens is 6. The van der Waals surface area contributed by atoms with Gasteiger partial charge < -0.3 is 9.80 Å². The fourth-order valence-corrected chi connectivity index (χ4v) is 2.82. The number of rotatable bonds is 3. The van der Waals surface area contributed by atoms with Crippen molar-refractivity contribution in [3.8, 4) is 0 Å². The van der Waals surface area contributed by atoms with E-state index in [2.05, 4.69) is 11.5 Å². The van der Waals surface area contributed by atoms with Crippen molar-refractivity contribution in [2.45, 2.75) is 11.0 Å². The fourth-order valence-electron chi connectivity index (χ4n) is 0.909. The van der Waals surface area contributed by atoms with E-state index in [4.69, 9.17) is 0 Å². The predicted octanol–water partition coefficient (Wildman–Crippen LogP) is 1.08. The van der Waals surface area contributed by atoms with Gasteiger partial charge in [0.05, 0.1) is 6.67 Å². The molecule has 0 aromatic heterocycles. The van der Waals surface area contributed by atoms with Gasteiger partial charge in [-0.15, -0.1) is 0 Å². The van der Waals surface area contributed by atoms with Crippen LogP contribution in [0.3, 0.4) is 0 Å². The smallest absolute Gasteiger partial charge is 0.361 e. The molecule has 1 aliphatic rings. The summed E-state index contributed by atoms with van der Waals surface area (Å²) in [6.45, 7) is 4.56. The Balaban J connectivity index is 0.000000502. The van der Waals surface area contributed by atoms with Gasteiger partial charge in [0.25, 0.3) is 0 Å². The second kappa shape index (κ2) is 6.96. The fraction of sp³-hybridized carbons (Fsp3) is 0.500. The lowest BCUT2D eigenvalue weighted by Crippen LogP contribution is -2.45. The molecule has 0 bridgehead atoms. The Morgan fingerprint density at radius 2 is 1.39 bits per heavy atom. The maximum atomic E-state index is 11.5. The molecule has 0 fully saturated rings. The van der Waals surface area contributed by atoms with Crippen LogP contribution in [0.15, 0.2) is 25.2 Å². The molecule has 7 nitrogen and oxygen atoms in total. The zero-order valence-corrected chi connectivity index (χ0v) is 12.9. The van der Waals surface area contributed by atoms with Crippen LogP contribution in [0.4, 0.5) is 26.3 Å². The summed E-state index contributed by atoms with van der Waals surface area (Å²) in [5, 5.41) is 0. The molecule has 0 aromatic rings. The van der Waals surface area contributed by atoms with E-state index in [1.807, 2.05) is 24.3 Å². The lowest BCUT2D eigenvalue weighted by atomic mass is 10.8. The van der Waals surface area contributed by atoms with Crippen molar-refractivity contribution in [2.75, 3.05) is 13.7 Å². The Morgan fingerprint density at radius 3 is 1.57 bits per heavy atom. The monoisotopic (exact) mass is 391 g/mol.